The fraction of sp³-hybridized carbons (Fsp3) is 0.0667. The summed E-state index contributed by atoms with van der Waals surface area (Å²) in [7, 11) is 0. The lowest BCUT2D eigenvalue weighted by molar-refractivity contribution is 1.57. The van der Waals surface area contributed by atoms with E-state index in [0.717, 1.165) is 4.47 Å². The summed E-state index contributed by atoms with van der Waals surface area (Å²) >= 11 is 3.50. The van der Waals surface area contributed by atoms with Crippen LogP contribution >= 0.6 is 15.9 Å². The van der Waals surface area contributed by atoms with Crippen molar-refractivity contribution in [1.82, 2.24) is 0 Å². The minimum atomic E-state index is 1.11. The second-order valence-corrected chi connectivity index (χ2v) is 4.51. The first-order chi connectivity index (χ1) is 7.81. The van der Waals surface area contributed by atoms with Crippen LogP contribution in [0.1, 0.15) is 12.5 Å². The van der Waals surface area contributed by atoms with E-state index in [1.165, 1.54) is 16.7 Å². The highest BCUT2D eigenvalue weighted by molar-refractivity contribution is 9.10. The molecule has 0 aliphatic rings. The van der Waals surface area contributed by atoms with Crippen molar-refractivity contribution in [3.05, 3.63) is 64.6 Å². The fourth-order valence-electron chi connectivity index (χ4n) is 1.74. The van der Waals surface area contributed by atoms with Gasteiger partial charge < -0.3 is 0 Å². The van der Waals surface area contributed by atoms with Crippen molar-refractivity contribution < 1.29 is 0 Å². The van der Waals surface area contributed by atoms with E-state index in [4.69, 9.17) is 0 Å². The molecule has 2 aromatic carbocycles. The van der Waals surface area contributed by atoms with Gasteiger partial charge >= 0.3 is 0 Å². The van der Waals surface area contributed by atoms with Gasteiger partial charge in [-0.25, -0.2) is 0 Å². The molecule has 0 spiro atoms. The molecule has 0 aliphatic carbocycles. The van der Waals surface area contributed by atoms with Crippen LogP contribution < -0.4 is 0 Å². The number of allylic oxidation sites excluding steroid dienone is 1. The Labute approximate surface area is 105 Å². The van der Waals surface area contributed by atoms with E-state index in [-0.39, 0.29) is 0 Å². The lowest BCUT2D eigenvalue weighted by Crippen LogP contribution is -1.82. The molecule has 16 heavy (non-hydrogen) atoms. The molecule has 0 nitrogen and oxygen atoms in total. The maximum atomic E-state index is 3.50. The predicted octanol–water partition coefficient (Wildman–Crippen LogP) is 5.15. The fourth-order valence-corrected chi connectivity index (χ4v) is 2.14. The summed E-state index contributed by atoms with van der Waals surface area (Å²) in [5.41, 5.74) is 3.76. The zero-order chi connectivity index (χ0) is 11.4. The zero-order valence-electron chi connectivity index (χ0n) is 9.15. The molecule has 0 aromatic heterocycles. The lowest BCUT2D eigenvalue weighted by Gasteiger charge is -2.06. The maximum Gasteiger partial charge on any atom is 0.0181 e. The van der Waals surface area contributed by atoms with Gasteiger partial charge in [0.25, 0.3) is 0 Å². The summed E-state index contributed by atoms with van der Waals surface area (Å²) < 4.78 is 1.11. The molecule has 0 saturated carbocycles. The third-order valence-electron chi connectivity index (χ3n) is 2.44. The van der Waals surface area contributed by atoms with Gasteiger partial charge in [-0.1, -0.05) is 64.5 Å². The molecule has 0 N–H and O–H groups in total. The van der Waals surface area contributed by atoms with Crippen molar-refractivity contribution in [2.45, 2.75) is 6.92 Å². The molecular formula is C15H13Br. The SMILES string of the molecule is C/C=C/c1ccccc1-c1cccc(Br)c1. The Morgan fingerprint density at radius 2 is 1.81 bits per heavy atom. The first kappa shape index (κ1) is 11.2. The molecule has 0 unspecified atom stereocenters. The highest BCUT2D eigenvalue weighted by Crippen LogP contribution is 2.26. The largest absolute Gasteiger partial charge is 0.0870 e. The van der Waals surface area contributed by atoms with Crippen LogP contribution in [0, 0.1) is 0 Å². The van der Waals surface area contributed by atoms with Crippen LogP contribution in [0.3, 0.4) is 0 Å². The van der Waals surface area contributed by atoms with Crippen molar-refractivity contribution in [2.24, 2.45) is 0 Å². The van der Waals surface area contributed by atoms with E-state index < -0.39 is 0 Å². The van der Waals surface area contributed by atoms with Crippen LogP contribution in [0.15, 0.2) is 59.1 Å². The Morgan fingerprint density at radius 1 is 1.00 bits per heavy atom. The third-order valence-corrected chi connectivity index (χ3v) is 2.94. The molecule has 0 amide bonds. The Morgan fingerprint density at radius 3 is 2.56 bits per heavy atom. The van der Waals surface area contributed by atoms with Gasteiger partial charge in [0.05, 0.1) is 0 Å². The summed E-state index contributed by atoms with van der Waals surface area (Å²) in [6.45, 7) is 2.04. The monoisotopic (exact) mass is 272 g/mol. The molecule has 0 bridgehead atoms. The van der Waals surface area contributed by atoms with Gasteiger partial charge in [-0.05, 0) is 35.7 Å². The van der Waals surface area contributed by atoms with Crippen molar-refractivity contribution in [3.8, 4) is 11.1 Å². The van der Waals surface area contributed by atoms with E-state index >= 15 is 0 Å². The van der Waals surface area contributed by atoms with E-state index in [9.17, 15) is 0 Å². The molecule has 0 saturated heterocycles. The van der Waals surface area contributed by atoms with Gasteiger partial charge in [0, 0.05) is 4.47 Å². The van der Waals surface area contributed by atoms with Gasteiger partial charge in [0.2, 0.25) is 0 Å². The van der Waals surface area contributed by atoms with Crippen molar-refractivity contribution in [1.29, 1.82) is 0 Å². The number of hydrogen-bond donors (Lipinski definition) is 0. The number of hydrogen-bond acceptors (Lipinski definition) is 0. The van der Waals surface area contributed by atoms with Crippen LogP contribution in [-0.2, 0) is 0 Å². The maximum absolute atomic E-state index is 3.50. The Kier molecular flexibility index (Phi) is 3.58. The summed E-state index contributed by atoms with van der Waals surface area (Å²) in [6.07, 6.45) is 4.20. The standard InChI is InChI=1S/C15H13Br/c1-2-6-12-7-3-4-10-15(12)13-8-5-9-14(16)11-13/h2-11H,1H3/b6-2+. The van der Waals surface area contributed by atoms with Gasteiger partial charge in [-0.3, -0.25) is 0 Å². The van der Waals surface area contributed by atoms with E-state index in [0.29, 0.717) is 0 Å². The minimum absolute atomic E-state index is 1.11. The molecular weight excluding hydrogens is 260 g/mol. The molecule has 1 heteroatoms. The molecule has 2 aromatic rings. The van der Waals surface area contributed by atoms with Gasteiger partial charge in [0.15, 0.2) is 0 Å². The first-order valence-corrected chi connectivity index (χ1v) is 6.08. The predicted molar refractivity (Wildman–Crippen MR) is 74.3 cm³/mol. The highest BCUT2D eigenvalue weighted by atomic mass is 79.9. The third kappa shape index (κ3) is 2.42. The Hall–Kier alpha value is -1.34. The van der Waals surface area contributed by atoms with E-state index in [1.807, 2.05) is 13.0 Å². The van der Waals surface area contributed by atoms with Crippen LogP contribution in [0.25, 0.3) is 17.2 Å². The zero-order valence-corrected chi connectivity index (χ0v) is 10.7. The van der Waals surface area contributed by atoms with Crippen molar-refractivity contribution in [2.75, 3.05) is 0 Å². The van der Waals surface area contributed by atoms with E-state index in [1.54, 1.807) is 0 Å². The van der Waals surface area contributed by atoms with Gasteiger partial charge in [0.1, 0.15) is 0 Å². The van der Waals surface area contributed by atoms with Gasteiger partial charge in [-0.15, -0.1) is 0 Å². The van der Waals surface area contributed by atoms with Crippen LogP contribution in [0.5, 0.6) is 0 Å². The normalized spacial score (nSPS) is 10.9. The smallest absolute Gasteiger partial charge is 0.0181 e. The Balaban J connectivity index is 2.55. The quantitative estimate of drug-likeness (QED) is 0.709. The molecule has 80 valence electrons. The molecule has 0 heterocycles. The summed E-state index contributed by atoms with van der Waals surface area (Å²) in [6, 6.07) is 16.8. The average Bonchev–Trinajstić information content (AvgIpc) is 2.30. The molecule has 0 atom stereocenters. The molecule has 2 rings (SSSR count). The van der Waals surface area contributed by atoms with Crippen LogP contribution in [0.4, 0.5) is 0 Å². The molecule has 0 radical (unpaired) electrons. The number of halogens is 1. The van der Waals surface area contributed by atoms with Crippen molar-refractivity contribution in [3.63, 3.8) is 0 Å². The summed E-state index contributed by atoms with van der Waals surface area (Å²) in [4.78, 5) is 0. The summed E-state index contributed by atoms with van der Waals surface area (Å²) in [5, 5.41) is 0. The van der Waals surface area contributed by atoms with Crippen molar-refractivity contribution >= 4 is 22.0 Å². The second kappa shape index (κ2) is 5.13. The van der Waals surface area contributed by atoms with Gasteiger partial charge in [-0.2, -0.15) is 0 Å². The average molecular weight is 273 g/mol. The molecule has 0 fully saturated rings. The molecule has 0 aliphatic heterocycles. The lowest BCUT2D eigenvalue weighted by atomic mass is 9.99. The topological polar surface area (TPSA) is 0 Å². The van der Waals surface area contributed by atoms with Crippen LogP contribution in [-0.4, -0.2) is 0 Å². The van der Waals surface area contributed by atoms with E-state index in [2.05, 4.69) is 70.5 Å². The minimum Gasteiger partial charge on any atom is -0.0870 e. The number of benzene rings is 2. The highest BCUT2D eigenvalue weighted by Gasteiger charge is 2.01. The first-order valence-electron chi connectivity index (χ1n) is 5.29. The number of rotatable bonds is 2. The Bertz CT molecular complexity index is 512. The second-order valence-electron chi connectivity index (χ2n) is 3.60. The van der Waals surface area contributed by atoms with Crippen LogP contribution in [0.2, 0.25) is 0 Å². The summed E-state index contributed by atoms with van der Waals surface area (Å²) in [5.74, 6) is 0.